The Labute approximate surface area is 95.4 Å². The fraction of sp³-hybridized carbons (Fsp3) is 0.308. The number of hydrogen-bond donors (Lipinski definition) is 0. The van der Waals surface area contributed by atoms with Crippen molar-refractivity contribution in [3.05, 3.63) is 23.9 Å². The first kappa shape index (κ1) is 10.5. The average molecular weight is 212 g/mol. The largest absolute Gasteiger partial charge is 0.378 e. The summed E-state index contributed by atoms with van der Waals surface area (Å²) < 4.78 is 5.28. The lowest BCUT2D eigenvalue weighted by atomic mass is 10.2. The minimum atomic E-state index is 0.764. The van der Waals surface area contributed by atoms with E-state index in [1.807, 2.05) is 12.1 Å². The molecule has 2 rings (SSSR count). The molecule has 0 saturated carbocycles. The maximum Gasteiger partial charge on any atom is 0.128 e. The topological polar surface area (TPSA) is 25.4 Å². The Hall–Kier alpha value is -1.97. The van der Waals surface area contributed by atoms with Gasteiger partial charge in [0.15, 0.2) is 0 Å². The van der Waals surface area contributed by atoms with E-state index in [4.69, 9.17) is 11.2 Å². The van der Waals surface area contributed by atoms with Gasteiger partial charge in [-0.05, 0) is 24.0 Å². The molecular weight excluding hydrogens is 200 g/mol. The Morgan fingerprint density at radius 2 is 2.12 bits per heavy atom. The van der Waals surface area contributed by atoms with Crippen LogP contribution in [0.2, 0.25) is 0 Å². The van der Waals surface area contributed by atoms with Crippen molar-refractivity contribution in [3.63, 3.8) is 0 Å². The Morgan fingerprint density at radius 3 is 2.75 bits per heavy atom. The van der Waals surface area contributed by atoms with E-state index in [-0.39, 0.29) is 0 Å². The van der Waals surface area contributed by atoms with Gasteiger partial charge in [-0.3, -0.25) is 0 Å². The fourth-order valence-corrected chi connectivity index (χ4v) is 1.55. The van der Waals surface area contributed by atoms with E-state index >= 15 is 0 Å². The van der Waals surface area contributed by atoms with Gasteiger partial charge >= 0.3 is 0 Å². The van der Waals surface area contributed by atoms with Gasteiger partial charge in [0.25, 0.3) is 0 Å². The Kier molecular flexibility index (Phi) is 3.43. The summed E-state index contributed by atoms with van der Waals surface area (Å²) in [6.07, 6.45) is 6.80. The van der Waals surface area contributed by atoms with Crippen LogP contribution in [0.25, 0.3) is 0 Å². The number of aromatic nitrogens is 1. The molecule has 1 fully saturated rings. The Morgan fingerprint density at radius 1 is 1.31 bits per heavy atom. The number of pyridine rings is 1. The van der Waals surface area contributed by atoms with Crippen molar-refractivity contribution in [2.24, 2.45) is 0 Å². The van der Waals surface area contributed by atoms with Crippen LogP contribution in [0.15, 0.2) is 18.3 Å². The molecule has 0 atom stereocenters. The highest BCUT2D eigenvalue weighted by Crippen LogP contribution is 2.12. The predicted molar refractivity (Wildman–Crippen MR) is 63.0 cm³/mol. The normalized spacial score (nSPS) is 14.8. The second-order valence-corrected chi connectivity index (χ2v) is 3.40. The van der Waals surface area contributed by atoms with E-state index in [1.165, 1.54) is 0 Å². The monoisotopic (exact) mass is 212 g/mol. The van der Waals surface area contributed by atoms with Crippen LogP contribution >= 0.6 is 0 Å². The minimum Gasteiger partial charge on any atom is -0.378 e. The molecule has 0 unspecified atom stereocenters. The summed E-state index contributed by atoms with van der Waals surface area (Å²) in [6.45, 7) is 3.31. The van der Waals surface area contributed by atoms with Gasteiger partial charge in [0.2, 0.25) is 0 Å². The summed E-state index contributed by atoms with van der Waals surface area (Å²) in [5, 5.41) is 0. The fourth-order valence-electron chi connectivity index (χ4n) is 1.55. The van der Waals surface area contributed by atoms with E-state index < -0.39 is 0 Å². The zero-order valence-electron chi connectivity index (χ0n) is 8.94. The van der Waals surface area contributed by atoms with Gasteiger partial charge in [0, 0.05) is 24.8 Å². The first-order valence-corrected chi connectivity index (χ1v) is 5.15. The lowest BCUT2D eigenvalue weighted by molar-refractivity contribution is 0.122. The molecule has 1 aromatic heterocycles. The predicted octanol–water partition coefficient (Wildman–Crippen LogP) is 0.903. The summed E-state index contributed by atoms with van der Waals surface area (Å²) in [7, 11) is 0. The van der Waals surface area contributed by atoms with Crippen molar-refractivity contribution in [2.45, 2.75) is 0 Å². The van der Waals surface area contributed by atoms with Crippen LogP contribution in [0.4, 0.5) is 5.82 Å². The van der Waals surface area contributed by atoms with Crippen molar-refractivity contribution in [1.29, 1.82) is 0 Å². The molecule has 3 heteroatoms. The molecule has 0 N–H and O–H groups in total. The summed E-state index contributed by atoms with van der Waals surface area (Å²) in [5.74, 6) is 8.65. The van der Waals surface area contributed by atoms with Gasteiger partial charge in [-0.1, -0.05) is 5.92 Å². The second-order valence-electron chi connectivity index (χ2n) is 3.40. The molecule has 0 aliphatic carbocycles. The average Bonchev–Trinajstić information content (AvgIpc) is 2.38. The van der Waals surface area contributed by atoms with Gasteiger partial charge in [-0.25, -0.2) is 4.98 Å². The highest BCUT2D eigenvalue weighted by molar-refractivity contribution is 5.44. The van der Waals surface area contributed by atoms with Crippen molar-refractivity contribution >= 4 is 5.82 Å². The SMILES string of the molecule is C#CC#Cc1ccc(N2CCOCC2)nc1. The quantitative estimate of drug-likeness (QED) is 0.647. The zero-order chi connectivity index (χ0) is 11.2. The number of anilines is 1. The molecule has 0 radical (unpaired) electrons. The molecule has 1 aromatic rings. The summed E-state index contributed by atoms with van der Waals surface area (Å²) in [4.78, 5) is 6.55. The van der Waals surface area contributed by atoms with Crippen LogP contribution in [0.5, 0.6) is 0 Å². The molecule has 80 valence electrons. The summed E-state index contributed by atoms with van der Waals surface area (Å²) >= 11 is 0. The van der Waals surface area contributed by atoms with E-state index in [1.54, 1.807) is 6.20 Å². The van der Waals surface area contributed by atoms with Crippen LogP contribution in [-0.2, 0) is 4.74 Å². The molecule has 1 aliphatic rings. The van der Waals surface area contributed by atoms with Gasteiger partial charge in [-0.2, -0.15) is 0 Å². The third-order valence-electron chi connectivity index (χ3n) is 2.36. The standard InChI is InChI=1S/C13H12N2O/c1-2-3-4-12-5-6-13(14-11-12)15-7-9-16-10-8-15/h1,5-6,11H,7-10H2. The zero-order valence-corrected chi connectivity index (χ0v) is 8.94. The molecule has 1 aliphatic heterocycles. The molecule has 0 amide bonds. The molecule has 0 bridgehead atoms. The van der Waals surface area contributed by atoms with E-state index in [9.17, 15) is 0 Å². The highest BCUT2D eigenvalue weighted by atomic mass is 16.5. The van der Waals surface area contributed by atoms with Crippen molar-refractivity contribution in [1.82, 2.24) is 4.98 Å². The number of nitrogens with zero attached hydrogens (tertiary/aromatic N) is 2. The lowest BCUT2D eigenvalue weighted by Crippen LogP contribution is -2.36. The molecule has 0 spiro atoms. The molecule has 1 saturated heterocycles. The van der Waals surface area contributed by atoms with Gasteiger partial charge in [0.1, 0.15) is 5.82 Å². The van der Waals surface area contributed by atoms with E-state index in [2.05, 4.69) is 27.6 Å². The van der Waals surface area contributed by atoms with Crippen LogP contribution < -0.4 is 4.90 Å². The number of morpholine rings is 1. The maximum atomic E-state index is 5.28. The molecule has 16 heavy (non-hydrogen) atoms. The van der Waals surface area contributed by atoms with Gasteiger partial charge in [-0.15, -0.1) is 6.42 Å². The Balaban J connectivity index is 2.09. The van der Waals surface area contributed by atoms with Crippen molar-refractivity contribution in [3.8, 4) is 24.2 Å². The first-order chi connectivity index (χ1) is 7.90. The Bertz CT molecular complexity index is 442. The van der Waals surface area contributed by atoms with Crippen LogP contribution in [0, 0.1) is 24.2 Å². The number of hydrogen-bond acceptors (Lipinski definition) is 3. The van der Waals surface area contributed by atoms with E-state index in [0.29, 0.717) is 0 Å². The third kappa shape index (κ3) is 2.53. The number of terminal acetylenes is 1. The van der Waals surface area contributed by atoms with Crippen molar-refractivity contribution < 1.29 is 4.74 Å². The number of rotatable bonds is 1. The second kappa shape index (κ2) is 5.21. The van der Waals surface area contributed by atoms with Crippen LogP contribution in [0.1, 0.15) is 5.56 Å². The van der Waals surface area contributed by atoms with Gasteiger partial charge < -0.3 is 9.64 Å². The lowest BCUT2D eigenvalue weighted by Gasteiger charge is -2.27. The van der Waals surface area contributed by atoms with E-state index in [0.717, 1.165) is 37.7 Å². The molecular formula is C13H12N2O. The van der Waals surface area contributed by atoms with Gasteiger partial charge in [0.05, 0.1) is 13.2 Å². The molecule has 2 heterocycles. The summed E-state index contributed by atoms with van der Waals surface area (Å²) in [6, 6.07) is 3.90. The van der Waals surface area contributed by atoms with Crippen molar-refractivity contribution in [2.75, 3.05) is 31.2 Å². The highest BCUT2D eigenvalue weighted by Gasteiger charge is 2.11. The summed E-state index contributed by atoms with van der Waals surface area (Å²) in [5.41, 5.74) is 0.843. The minimum absolute atomic E-state index is 0.764. The third-order valence-corrected chi connectivity index (χ3v) is 2.36. The smallest absolute Gasteiger partial charge is 0.128 e. The van der Waals surface area contributed by atoms with Crippen LogP contribution in [-0.4, -0.2) is 31.3 Å². The van der Waals surface area contributed by atoms with Crippen LogP contribution in [0.3, 0.4) is 0 Å². The molecule has 0 aromatic carbocycles. The molecule has 3 nitrogen and oxygen atoms in total. The maximum absolute atomic E-state index is 5.28. The first-order valence-electron chi connectivity index (χ1n) is 5.15. The number of ether oxygens (including phenoxy) is 1.